The molecule has 2 aromatic rings. The van der Waals surface area contributed by atoms with Crippen LogP contribution in [-0.2, 0) is 11.2 Å². The van der Waals surface area contributed by atoms with Crippen LogP contribution in [0.25, 0.3) is 10.9 Å². The highest BCUT2D eigenvalue weighted by Crippen LogP contribution is 2.20. The number of nitrogens with zero attached hydrogens (tertiary/aromatic N) is 1. The lowest BCUT2D eigenvalue weighted by molar-refractivity contribution is 0.0385. The summed E-state index contributed by atoms with van der Waals surface area (Å²) in [5, 5.41) is 1.37. The highest BCUT2D eigenvalue weighted by molar-refractivity contribution is 5.83. The SMILES string of the molecule is Cc1ccc2c(CCN3CCOCC3)c[nH]c2c1. The van der Waals surface area contributed by atoms with Gasteiger partial charge in [0.1, 0.15) is 0 Å². The normalized spacial score (nSPS) is 17.4. The summed E-state index contributed by atoms with van der Waals surface area (Å²) in [5.74, 6) is 0. The monoisotopic (exact) mass is 244 g/mol. The molecule has 1 aliphatic rings. The van der Waals surface area contributed by atoms with Crippen molar-refractivity contribution in [1.82, 2.24) is 9.88 Å². The van der Waals surface area contributed by atoms with Crippen molar-refractivity contribution < 1.29 is 4.74 Å². The van der Waals surface area contributed by atoms with Gasteiger partial charge in [0.15, 0.2) is 0 Å². The number of rotatable bonds is 3. The van der Waals surface area contributed by atoms with Crippen LogP contribution in [0.5, 0.6) is 0 Å². The van der Waals surface area contributed by atoms with E-state index in [0.29, 0.717) is 0 Å². The standard InChI is InChI=1S/C15H20N2O/c1-12-2-3-14-13(11-16-15(14)10-12)4-5-17-6-8-18-9-7-17/h2-3,10-11,16H,4-9H2,1H3. The molecule has 1 fully saturated rings. The van der Waals surface area contributed by atoms with E-state index in [2.05, 4.69) is 41.2 Å². The van der Waals surface area contributed by atoms with E-state index in [9.17, 15) is 0 Å². The number of aryl methyl sites for hydroxylation is 1. The summed E-state index contributed by atoms with van der Waals surface area (Å²) in [6.07, 6.45) is 3.27. The minimum Gasteiger partial charge on any atom is -0.379 e. The first-order chi connectivity index (χ1) is 8.83. The summed E-state index contributed by atoms with van der Waals surface area (Å²) in [4.78, 5) is 5.86. The summed E-state index contributed by atoms with van der Waals surface area (Å²) in [6.45, 7) is 7.17. The van der Waals surface area contributed by atoms with E-state index in [0.717, 1.165) is 39.3 Å². The zero-order chi connectivity index (χ0) is 12.4. The van der Waals surface area contributed by atoms with E-state index in [-0.39, 0.29) is 0 Å². The second-order valence-electron chi connectivity index (χ2n) is 5.07. The molecule has 0 atom stereocenters. The smallest absolute Gasteiger partial charge is 0.0594 e. The number of morpholine rings is 1. The molecule has 3 heteroatoms. The van der Waals surface area contributed by atoms with Gasteiger partial charge in [-0.2, -0.15) is 0 Å². The molecule has 1 aliphatic heterocycles. The lowest BCUT2D eigenvalue weighted by Crippen LogP contribution is -2.37. The van der Waals surface area contributed by atoms with Gasteiger partial charge in [0, 0.05) is 36.7 Å². The van der Waals surface area contributed by atoms with Crippen LogP contribution in [0.3, 0.4) is 0 Å². The van der Waals surface area contributed by atoms with Gasteiger partial charge in [-0.3, -0.25) is 4.90 Å². The Morgan fingerprint density at radius 1 is 1.28 bits per heavy atom. The Labute approximate surface area is 108 Å². The third-order valence-corrected chi connectivity index (χ3v) is 3.72. The van der Waals surface area contributed by atoms with Crippen LogP contribution < -0.4 is 0 Å². The largest absolute Gasteiger partial charge is 0.379 e. The molecule has 0 spiro atoms. The van der Waals surface area contributed by atoms with Crippen molar-refractivity contribution in [3.63, 3.8) is 0 Å². The maximum atomic E-state index is 5.37. The van der Waals surface area contributed by atoms with E-state index >= 15 is 0 Å². The van der Waals surface area contributed by atoms with E-state index in [1.165, 1.54) is 22.0 Å². The van der Waals surface area contributed by atoms with Crippen molar-refractivity contribution in [3.05, 3.63) is 35.5 Å². The average molecular weight is 244 g/mol. The number of ether oxygens (including phenoxy) is 1. The van der Waals surface area contributed by atoms with Crippen LogP contribution in [0.4, 0.5) is 0 Å². The van der Waals surface area contributed by atoms with E-state index in [1.807, 2.05) is 0 Å². The fourth-order valence-electron chi connectivity index (χ4n) is 2.61. The Kier molecular flexibility index (Phi) is 3.35. The quantitative estimate of drug-likeness (QED) is 0.897. The first kappa shape index (κ1) is 11.8. The second-order valence-corrected chi connectivity index (χ2v) is 5.07. The molecule has 3 nitrogen and oxygen atoms in total. The van der Waals surface area contributed by atoms with Crippen molar-refractivity contribution >= 4 is 10.9 Å². The van der Waals surface area contributed by atoms with Gasteiger partial charge in [-0.1, -0.05) is 12.1 Å². The molecule has 0 aliphatic carbocycles. The number of nitrogens with one attached hydrogen (secondary N) is 1. The third kappa shape index (κ3) is 2.42. The van der Waals surface area contributed by atoms with Crippen molar-refractivity contribution in [2.24, 2.45) is 0 Å². The number of hydrogen-bond acceptors (Lipinski definition) is 2. The molecule has 96 valence electrons. The highest BCUT2D eigenvalue weighted by Gasteiger charge is 2.11. The molecule has 1 N–H and O–H groups in total. The van der Waals surface area contributed by atoms with Crippen LogP contribution in [0, 0.1) is 6.92 Å². The molecular weight excluding hydrogens is 224 g/mol. The van der Waals surface area contributed by atoms with Crippen LogP contribution in [0.2, 0.25) is 0 Å². The van der Waals surface area contributed by atoms with Gasteiger partial charge in [0.25, 0.3) is 0 Å². The molecule has 18 heavy (non-hydrogen) atoms. The molecule has 2 heterocycles. The van der Waals surface area contributed by atoms with Gasteiger partial charge in [-0.25, -0.2) is 0 Å². The summed E-state index contributed by atoms with van der Waals surface area (Å²) in [5.41, 5.74) is 3.99. The Hall–Kier alpha value is -1.32. The Balaban J connectivity index is 1.70. The minimum absolute atomic E-state index is 0.882. The molecule has 1 aromatic carbocycles. The Morgan fingerprint density at radius 2 is 2.11 bits per heavy atom. The fraction of sp³-hybridized carbons (Fsp3) is 0.467. The van der Waals surface area contributed by atoms with E-state index < -0.39 is 0 Å². The number of aromatic amines is 1. The summed E-state index contributed by atoms with van der Waals surface area (Å²) < 4.78 is 5.37. The highest BCUT2D eigenvalue weighted by atomic mass is 16.5. The molecule has 0 saturated carbocycles. The predicted molar refractivity (Wildman–Crippen MR) is 74.0 cm³/mol. The maximum Gasteiger partial charge on any atom is 0.0594 e. The lowest BCUT2D eigenvalue weighted by atomic mass is 10.1. The van der Waals surface area contributed by atoms with Gasteiger partial charge in [0.2, 0.25) is 0 Å². The summed E-state index contributed by atoms with van der Waals surface area (Å²) >= 11 is 0. The molecule has 3 rings (SSSR count). The van der Waals surface area contributed by atoms with Crippen molar-refractivity contribution in [2.45, 2.75) is 13.3 Å². The first-order valence-corrected chi connectivity index (χ1v) is 6.69. The van der Waals surface area contributed by atoms with Gasteiger partial charge < -0.3 is 9.72 Å². The zero-order valence-electron chi connectivity index (χ0n) is 10.9. The summed E-state index contributed by atoms with van der Waals surface area (Å²) in [7, 11) is 0. The van der Waals surface area contributed by atoms with Crippen molar-refractivity contribution in [3.8, 4) is 0 Å². The molecule has 1 saturated heterocycles. The Morgan fingerprint density at radius 3 is 2.94 bits per heavy atom. The fourth-order valence-corrected chi connectivity index (χ4v) is 2.61. The average Bonchev–Trinajstić information content (AvgIpc) is 2.80. The van der Waals surface area contributed by atoms with Crippen molar-refractivity contribution in [2.75, 3.05) is 32.8 Å². The maximum absolute atomic E-state index is 5.37. The Bertz CT molecular complexity index is 526. The number of H-pyrrole nitrogens is 1. The lowest BCUT2D eigenvalue weighted by Gasteiger charge is -2.26. The molecule has 0 radical (unpaired) electrons. The van der Waals surface area contributed by atoms with Gasteiger partial charge in [-0.15, -0.1) is 0 Å². The van der Waals surface area contributed by atoms with Crippen LogP contribution in [0.1, 0.15) is 11.1 Å². The first-order valence-electron chi connectivity index (χ1n) is 6.69. The predicted octanol–water partition coefficient (Wildman–Crippen LogP) is 2.35. The summed E-state index contributed by atoms with van der Waals surface area (Å²) in [6, 6.07) is 6.64. The second kappa shape index (κ2) is 5.12. The van der Waals surface area contributed by atoms with Gasteiger partial charge >= 0.3 is 0 Å². The molecule has 0 unspecified atom stereocenters. The van der Waals surface area contributed by atoms with Crippen LogP contribution in [0.15, 0.2) is 24.4 Å². The molecule has 0 bridgehead atoms. The number of fused-ring (bicyclic) bond motifs is 1. The van der Waals surface area contributed by atoms with Crippen LogP contribution >= 0.6 is 0 Å². The molecular formula is C15H20N2O. The number of benzene rings is 1. The molecule has 1 aromatic heterocycles. The molecule has 0 amide bonds. The number of hydrogen-bond donors (Lipinski definition) is 1. The van der Waals surface area contributed by atoms with E-state index in [4.69, 9.17) is 4.74 Å². The topological polar surface area (TPSA) is 28.3 Å². The van der Waals surface area contributed by atoms with Gasteiger partial charge in [-0.05, 0) is 30.5 Å². The van der Waals surface area contributed by atoms with Crippen LogP contribution in [-0.4, -0.2) is 42.7 Å². The van der Waals surface area contributed by atoms with E-state index in [1.54, 1.807) is 0 Å². The van der Waals surface area contributed by atoms with Gasteiger partial charge in [0.05, 0.1) is 13.2 Å². The third-order valence-electron chi connectivity index (χ3n) is 3.72. The minimum atomic E-state index is 0.882. The number of aromatic nitrogens is 1. The zero-order valence-corrected chi connectivity index (χ0v) is 10.9. The van der Waals surface area contributed by atoms with Crippen molar-refractivity contribution in [1.29, 1.82) is 0 Å².